The number of para-hydroxylation sites is 2. The Morgan fingerprint density at radius 1 is 0.550 bits per heavy atom. The highest BCUT2D eigenvalue weighted by molar-refractivity contribution is 6.01. The fourth-order valence-corrected chi connectivity index (χ4v) is 7.55. The van der Waals surface area contributed by atoms with E-state index in [0.29, 0.717) is 17.8 Å². The molecule has 0 fully saturated rings. The largest absolute Gasteiger partial charge is 0.358 e. The van der Waals surface area contributed by atoms with Gasteiger partial charge in [-0.05, 0) is 65.3 Å². The van der Waals surface area contributed by atoms with Gasteiger partial charge >= 0.3 is 0 Å². The SMILES string of the molecule is Cc1[nH]c2ccccc2c1-c1cccc2c1C=CC2C(C)C1C=Cc2c(-c3c(C)[nH]c4ccccc34)cccc21. The molecular weight excluding hydrogens is 484 g/mol. The summed E-state index contributed by atoms with van der Waals surface area (Å²) >= 11 is 0. The average molecular weight is 517 g/mol. The third-order valence-corrected chi connectivity index (χ3v) is 9.40. The monoisotopic (exact) mass is 516 g/mol. The second-order valence-corrected chi connectivity index (χ2v) is 11.6. The lowest BCUT2D eigenvalue weighted by Gasteiger charge is -2.26. The van der Waals surface area contributed by atoms with Crippen molar-refractivity contribution in [3.05, 3.63) is 131 Å². The first-order valence-electron chi connectivity index (χ1n) is 14.4. The van der Waals surface area contributed by atoms with Crippen LogP contribution < -0.4 is 0 Å². The van der Waals surface area contributed by atoms with E-state index in [9.17, 15) is 0 Å². The van der Waals surface area contributed by atoms with Crippen LogP contribution in [0, 0.1) is 19.8 Å². The number of hydrogen-bond acceptors (Lipinski definition) is 0. The van der Waals surface area contributed by atoms with Gasteiger partial charge in [-0.25, -0.2) is 0 Å². The van der Waals surface area contributed by atoms with Crippen LogP contribution in [0.2, 0.25) is 0 Å². The molecular formula is C38H32N2. The minimum Gasteiger partial charge on any atom is -0.358 e. The Morgan fingerprint density at radius 2 is 1.00 bits per heavy atom. The van der Waals surface area contributed by atoms with Crippen LogP contribution in [0.4, 0.5) is 0 Å². The van der Waals surface area contributed by atoms with Gasteiger partial charge in [0.05, 0.1) is 0 Å². The van der Waals surface area contributed by atoms with E-state index in [-0.39, 0.29) is 0 Å². The minimum absolute atomic E-state index is 0.375. The highest BCUT2D eigenvalue weighted by Crippen LogP contribution is 2.50. The molecule has 4 aromatic carbocycles. The first-order chi connectivity index (χ1) is 19.6. The van der Waals surface area contributed by atoms with E-state index in [0.717, 1.165) is 0 Å². The molecule has 2 aliphatic rings. The normalized spacial score (nSPS) is 18.1. The minimum atomic E-state index is 0.375. The Morgan fingerprint density at radius 3 is 1.48 bits per heavy atom. The van der Waals surface area contributed by atoms with E-state index in [2.05, 4.69) is 140 Å². The quantitative estimate of drug-likeness (QED) is 0.234. The van der Waals surface area contributed by atoms with Crippen LogP contribution in [0.1, 0.15) is 52.4 Å². The van der Waals surface area contributed by atoms with E-state index in [1.165, 1.54) is 77.7 Å². The molecule has 2 atom stereocenters. The number of aromatic amines is 2. The van der Waals surface area contributed by atoms with E-state index < -0.39 is 0 Å². The van der Waals surface area contributed by atoms with Gasteiger partial charge in [-0.1, -0.05) is 104 Å². The van der Waals surface area contributed by atoms with Crippen LogP contribution in [-0.4, -0.2) is 9.97 Å². The number of aromatic nitrogens is 2. The van der Waals surface area contributed by atoms with Gasteiger partial charge in [-0.3, -0.25) is 0 Å². The molecule has 2 heterocycles. The van der Waals surface area contributed by atoms with Crippen molar-refractivity contribution in [1.82, 2.24) is 9.97 Å². The number of H-pyrrole nitrogens is 2. The summed E-state index contributed by atoms with van der Waals surface area (Å²) in [6, 6.07) is 31.1. The van der Waals surface area contributed by atoms with Crippen molar-refractivity contribution < 1.29 is 0 Å². The van der Waals surface area contributed by atoms with Gasteiger partial charge in [0.15, 0.2) is 0 Å². The molecule has 2 nitrogen and oxygen atoms in total. The zero-order valence-electron chi connectivity index (χ0n) is 23.1. The maximum absolute atomic E-state index is 3.60. The second-order valence-electron chi connectivity index (χ2n) is 11.6. The molecule has 0 saturated heterocycles. The molecule has 0 aliphatic heterocycles. The molecule has 0 amide bonds. The van der Waals surface area contributed by atoms with Crippen molar-refractivity contribution in [1.29, 1.82) is 0 Å². The predicted octanol–water partition coefficient (Wildman–Crippen LogP) is 10.2. The van der Waals surface area contributed by atoms with Crippen molar-refractivity contribution in [2.45, 2.75) is 32.6 Å². The number of allylic oxidation sites excluding steroid dienone is 2. The summed E-state index contributed by atoms with van der Waals surface area (Å²) in [5, 5.41) is 2.59. The summed E-state index contributed by atoms with van der Waals surface area (Å²) in [5.41, 5.74) is 15.8. The number of aryl methyl sites for hydroxylation is 2. The average Bonchev–Trinajstić information content (AvgIpc) is 3.74. The van der Waals surface area contributed by atoms with Crippen LogP contribution in [0.5, 0.6) is 0 Å². The number of benzene rings is 4. The van der Waals surface area contributed by atoms with Gasteiger partial charge in [-0.15, -0.1) is 0 Å². The standard InChI is InChI=1S/C38H32N2/c1-22(25-18-20-29-27(25)12-8-14-31(29)37-23(2)39-35-16-6-4-10-33(35)37)26-19-21-30-28(26)13-9-15-32(30)38-24(3)40-36-17-7-5-11-34(36)38/h4-22,25-26,39-40H,1-3H3. The maximum atomic E-state index is 3.60. The Labute approximate surface area is 235 Å². The number of fused-ring (bicyclic) bond motifs is 4. The first kappa shape index (κ1) is 23.3. The van der Waals surface area contributed by atoms with Gasteiger partial charge in [0, 0.05) is 56.2 Å². The van der Waals surface area contributed by atoms with Crippen LogP contribution in [0.15, 0.2) is 97.1 Å². The van der Waals surface area contributed by atoms with Crippen molar-refractivity contribution in [3.8, 4) is 22.3 Å². The van der Waals surface area contributed by atoms with Gasteiger partial charge in [0.1, 0.15) is 0 Å². The summed E-state index contributed by atoms with van der Waals surface area (Å²) < 4.78 is 0. The summed E-state index contributed by atoms with van der Waals surface area (Å²) in [6.45, 7) is 6.82. The molecule has 2 heteroatoms. The summed E-state index contributed by atoms with van der Waals surface area (Å²) in [4.78, 5) is 7.21. The Hall–Kier alpha value is -4.56. The van der Waals surface area contributed by atoms with Crippen molar-refractivity contribution in [3.63, 3.8) is 0 Å². The zero-order valence-corrected chi connectivity index (χ0v) is 23.1. The van der Waals surface area contributed by atoms with E-state index in [4.69, 9.17) is 0 Å². The Bertz CT molecular complexity index is 1870. The van der Waals surface area contributed by atoms with E-state index in [1.54, 1.807) is 0 Å². The molecule has 0 spiro atoms. The smallest absolute Gasteiger partial charge is 0.0462 e. The molecule has 2 aliphatic carbocycles. The second kappa shape index (κ2) is 8.72. The maximum Gasteiger partial charge on any atom is 0.0462 e. The van der Waals surface area contributed by atoms with Gasteiger partial charge < -0.3 is 9.97 Å². The van der Waals surface area contributed by atoms with Crippen molar-refractivity contribution >= 4 is 34.0 Å². The van der Waals surface area contributed by atoms with Gasteiger partial charge in [0.2, 0.25) is 0 Å². The molecule has 2 aromatic heterocycles. The van der Waals surface area contributed by atoms with Gasteiger partial charge in [-0.2, -0.15) is 0 Å². The lowest BCUT2D eigenvalue weighted by atomic mass is 9.77. The van der Waals surface area contributed by atoms with Crippen molar-refractivity contribution in [2.24, 2.45) is 5.92 Å². The topological polar surface area (TPSA) is 31.6 Å². The van der Waals surface area contributed by atoms with Crippen molar-refractivity contribution in [2.75, 3.05) is 0 Å². The van der Waals surface area contributed by atoms with Crippen LogP contribution >= 0.6 is 0 Å². The number of rotatable bonds is 4. The molecule has 0 bridgehead atoms. The predicted molar refractivity (Wildman–Crippen MR) is 170 cm³/mol. The fraction of sp³-hybridized carbons (Fsp3) is 0.158. The molecule has 2 unspecified atom stereocenters. The number of hydrogen-bond donors (Lipinski definition) is 2. The molecule has 2 N–H and O–H groups in total. The summed E-state index contributed by atoms with van der Waals surface area (Å²) in [7, 11) is 0. The fourth-order valence-electron chi connectivity index (χ4n) is 7.55. The third kappa shape index (κ3) is 3.29. The molecule has 6 aromatic rings. The van der Waals surface area contributed by atoms with E-state index in [1.807, 2.05) is 0 Å². The Balaban J connectivity index is 1.18. The third-order valence-electron chi connectivity index (χ3n) is 9.40. The molecule has 40 heavy (non-hydrogen) atoms. The molecule has 194 valence electrons. The van der Waals surface area contributed by atoms with E-state index >= 15 is 0 Å². The van der Waals surface area contributed by atoms with Crippen LogP contribution in [-0.2, 0) is 0 Å². The highest BCUT2D eigenvalue weighted by atomic mass is 14.7. The zero-order chi connectivity index (χ0) is 27.0. The lowest BCUT2D eigenvalue weighted by molar-refractivity contribution is 0.482. The molecule has 8 rings (SSSR count). The summed E-state index contributed by atoms with van der Waals surface area (Å²) in [6.07, 6.45) is 9.64. The van der Waals surface area contributed by atoms with Crippen LogP contribution in [0.25, 0.3) is 56.2 Å². The first-order valence-corrected chi connectivity index (χ1v) is 14.4. The molecule has 0 radical (unpaired) electrons. The molecule has 0 saturated carbocycles. The summed E-state index contributed by atoms with van der Waals surface area (Å²) in [5.74, 6) is 1.19. The highest BCUT2D eigenvalue weighted by Gasteiger charge is 2.33. The van der Waals surface area contributed by atoms with Crippen LogP contribution in [0.3, 0.4) is 0 Å². The lowest BCUT2D eigenvalue weighted by Crippen LogP contribution is -2.14. The number of nitrogens with one attached hydrogen (secondary N) is 2. The Kier molecular flexibility index (Phi) is 5.09. The van der Waals surface area contributed by atoms with Gasteiger partial charge in [0.25, 0.3) is 0 Å².